The molecule has 0 saturated heterocycles. The standard InChI is InChI=1S/C10H11ClO3/c11-7-10(13)14-6-5-8-1-3-9(12)4-2-8/h1-4,12H,5-7H2. The van der Waals surface area contributed by atoms with E-state index in [-0.39, 0.29) is 11.6 Å². The van der Waals surface area contributed by atoms with Crippen LogP contribution in [0.4, 0.5) is 0 Å². The van der Waals surface area contributed by atoms with Crippen molar-refractivity contribution in [3.63, 3.8) is 0 Å². The summed E-state index contributed by atoms with van der Waals surface area (Å²) in [5.74, 6) is -0.299. The van der Waals surface area contributed by atoms with Crippen LogP contribution in [0.3, 0.4) is 0 Å². The second-order valence-electron chi connectivity index (χ2n) is 2.77. The molecule has 1 N–H and O–H groups in total. The Hall–Kier alpha value is -1.22. The van der Waals surface area contributed by atoms with Gasteiger partial charge in [-0.1, -0.05) is 12.1 Å². The van der Waals surface area contributed by atoms with Crippen molar-refractivity contribution in [1.29, 1.82) is 0 Å². The Balaban J connectivity index is 2.31. The second kappa shape index (κ2) is 5.50. The minimum Gasteiger partial charge on any atom is -0.508 e. The van der Waals surface area contributed by atoms with E-state index in [2.05, 4.69) is 0 Å². The first kappa shape index (κ1) is 10.9. The summed E-state index contributed by atoms with van der Waals surface area (Å²) in [5, 5.41) is 9.01. The molecule has 0 atom stereocenters. The Bertz CT molecular complexity index is 295. The highest BCUT2D eigenvalue weighted by Gasteiger charge is 1.99. The van der Waals surface area contributed by atoms with Gasteiger partial charge in [0.05, 0.1) is 6.61 Å². The molecule has 0 aliphatic heterocycles. The van der Waals surface area contributed by atoms with Crippen LogP contribution >= 0.6 is 11.6 Å². The Labute approximate surface area is 87.3 Å². The van der Waals surface area contributed by atoms with Crippen LogP contribution in [0, 0.1) is 0 Å². The molecule has 0 spiro atoms. The molecule has 76 valence electrons. The van der Waals surface area contributed by atoms with Gasteiger partial charge >= 0.3 is 5.97 Å². The van der Waals surface area contributed by atoms with Crippen molar-refractivity contribution < 1.29 is 14.6 Å². The first-order valence-electron chi connectivity index (χ1n) is 4.22. The number of carbonyl (C=O) groups excluding carboxylic acids is 1. The number of rotatable bonds is 4. The zero-order valence-electron chi connectivity index (χ0n) is 7.57. The molecule has 1 rings (SSSR count). The van der Waals surface area contributed by atoms with E-state index in [1.54, 1.807) is 24.3 Å². The zero-order valence-corrected chi connectivity index (χ0v) is 8.33. The first-order valence-corrected chi connectivity index (χ1v) is 4.75. The summed E-state index contributed by atoms with van der Waals surface area (Å²) in [6.45, 7) is 0.316. The summed E-state index contributed by atoms with van der Waals surface area (Å²) < 4.78 is 4.79. The van der Waals surface area contributed by atoms with E-state index in [1.807, 2.05) is 0 Å². The van der Waals surface area contributed by atoms with Gasteiger partial charge in [0, 0.05) is 6.42 Å². The van der Waals surface area contributed by atoms with Gasteiger partial charge in [-0.05, 0) is 17.7 Å². The van der Waals surface area contributed by atoms with Gasteiger partial charge in [-0.3, -0.25) is 4.79 Å². The van der Waals surface area contributed by atoms with Crippen molar-refractivity contribution >= 4 is 17.6 Å². The summed E-state index contributed by atoms with van der Waals surface area (Å²) in [4.78, 5) is 10.7. The highest BCUT2D eigenvalue weighted by molar-refractivity contribution is 6.26. The summed E-state index contributed by atoms with van der Waals surface area (Å²) in [6.07, 6.45) is 0.628. The van der Waals surface area contributed by atoms with E-state index >= 15 is 0 Å². The lowest BCUT2D eigenvalue weighted by Crippen LogP contribution is -2.08. The molecule has 4 heteroatoms. The molecule has 0 fully saturated rings. The fourth-order valence-corrected chi connectivity index (χ4v) is 1.06. The van der Waals surface area contributed by atoms with Gasteiger partial charge < -0.3 is 9.84 Å². The third-order valence-corrected chi connectivity index (χ3v) is 1.92. The van der Waals surface area contributed by atoms with Crippen molar-refractivity contribution in [1.82, 2.24) is 0 Å². The number of halogens is 1. The molecule has 0 aliphatic carbocycles. The fraction of sp³-hybridized carbons (Fsp3) is 0.300. The van der Waals surface area contributed by atoms with Crippen LogP contribution in [-0.4, -0.2) is 23.6 Å². The monoisotopic (exact) mass is 214 g/mol. The van der Waals surface area contributed by atoms with E-state index in [0.29, 0.717) is 13.0 Å². The lowest BCUT2D eigenvalue weighted by Gasteiger charge is -2.02. The van der Waals surface area contributed by atoms with E-state index < -0.39 is 5.97 Å². The third kappa shape index (κ3) is 3.66. The van der Waals surface area contributed by atoms with Gasteiger partial charge in [0.1, 0.15) is 11.6 Å². The molecule has 0 aliphatic rings. The van der Waals surface area contributed by atoms with Crippen LogP contribution in [0.5, 0.6) is 5.75 Å². The number of benzene rings is 1. The lowest BCUT2D eigenvalue weighted by atomic mass is 10.1. The van der Waals surface area contributed by atoms with Gasteiger partial charge in [0.2, 0.25) is 0 Å². The normalized spacial score (nSPS) is 9.79. The van der Waals surface area contributed by atoms with Crippen molar-refractivity contribution in [3.05, 3.63) is 29.8 Å². The highest BCUT2D eigenvalue weighted by Crippen LogP contribution is 2.09. The van der Waals surface area contributed by atoms with Crippen LogP contribution in [0.1, 0.15) is 5.56 Å². The largest absolute Gasteiger partial charge is 0.508 e. The Morgan fingerprint density at radius 3 is 2.57 bits per heavy atom. The quantitative estimate of drug-likeness (QED) is 0.613. The van der Waals surface area contributed by atoms with E-state index in [9.17, 15) is 4.79 Å². The van der Waals surface area contributed by atoms with Gasteiger partial charge in [-0.2, -0.15) is 0 Å². The second-order valence-corrected chi connectivity index (χ2v) is 3.04. The zero-order chi connectivity index (χ0) is 10.4. The molecular weight excluding hydrogens is 204 g/mol. The van der Waals surface area contributed by atoms with Gasteiger partial charge in [-0.25, -0.2) is 0 Å². The van der Waals surface area contributed by atoms with Crippen LogP contribution in [0.2, 0.25) is 0 Å². The number of alkyl halides is 1. The Kier molecular flexibility index (Phi) is 4.26. The molecule has 1 aromatic carbocycles. The maximum atomic E-state index is 10.7. The van der Waals surface area contributed by atoms with Crippen LogP contribution in [0.25, 0.3) is 0 Å². The average Bonchev–Trinajstić information content (AvgIpc) is 2.21. The molecule has 1 aromatic rings. The number of ether oxygens (including phenoxy) is 1. The van der Waals surface area contributed by atoms with Crippen molar-refractivity contribution in [3.8, 4) is 5.75 Å². The number of esters is 1. The summed E-state index contributed by atoms with van der Waals surface area (Å²) in [7, 11) is 0. The van der Waals surface area contributed by atoms with Crippen LogP contribution in [-0.2, 0) is 16.0 Å². The van der Waals surface area contributed by atoms with Gasteiger partial charge in [0.15, 0.2) is 0 Å². The van der Waals surface area contributed by atoms with Crippen LogP contribution < -0.4 is 0 Å². The van der Waals surface area contributed by atoms with Crippen LogP contribution in [0.15, 0.2) is 24.3 Å². The molecule has 0 heterocycles. The van der Waals surface area contributed by atoms with E-state index in [0.717, 1.165) is 5.56 Å². The number of phenolic OH excluding ortho intramolecular Hbond substituents is 1. The van der Waals surface area contributed by atoms with Gasteiger partial charge in [0.25, 0.3) is 0 Å². The average molecular weight is 215 g/mol. The number of aromatic hydroxyl groups is 1. The molecule has 0 bridgehead atoms. The van der Waals surface area contributed by atoms with E-state index in [4.69, 9.17) is 21.4 Å². The maximum absolute atomic E-state index is 10.7. The molecule has 14 heavy (non-hydrogen) atoms. The smallest absolute Gasteiger partial charge is 0.320 e. The van der Waals surface area contributed by atoms with Gasteiger partial charge in [-0.15, -0.1) is 11.6 Å². The number of phenols is 1. The Morgan fingerprint density at radius 2 is 2.00 bits per heavy atom. The fourth-order valence-electron chi connectivity index (χ4n) is 0.984. The molecular formula is C10H11ClO3. The van der Waals surface area contributed by atoms with Crippen molar-refractivity contribution in [2.45, 2.75) is 6.42 Å². The first-order chi connectivity index (χ1) is 6.72. The minimum absolute atomic E-state index is 0.115. The lowest BCUT2D eigenvalue weighted by molar-refractivity contribution is -0.140. The SMILES string of the molecule is O=C(CCl)OCCc1ccc(O)cc1. The summed E-state index contributed by atoms with van der Waals surface area (Å²) in [6, 6.07) is 6.76. The molecule has 0 aromatic heterocycles. The Morgan fingerprint density at radius 1 is 1.36 bits per heavy atom. The van der Waals surface area contributed by atoms with Crippen molar-refractivity contribution in [2.75, 3.05) is 12.5 Å². The van der Waals surface area contributed by atoms with E-state index in [1.165, 1.54) is 0 Å². The molecule has 0 unspecified atom stereocenters. The predicted molar refractivity (Wildman–Crippen MR) is 53.5 cm³/mol. The summed E-state index contributed by atoms with van der Waals surface area (Å²) >= 11 is 5.25. The molecule has 3 nitrogen and oxygen atoms in total. The predicted octanol–water partition coefficient (Wildman–Crippen LogP) is 1.72. The number of carbonyl (C=O) groups is 1. The maximum Gasteiger partial charge on any atom is 0.320 e. The van der Waals surface area contributed by atoms with Crippen molar-refractivity contribution in [2.24, 2.45) is 0 Å². The summed E-state index contributed by atoms with van der Waals surface area (Å²) in [5.41, 5.74) is 1.00. The highest BCUT2D eigenvalue weighted by atomic mass is 35.5. The molecule has 0 saturated carbocycles. The number of hydrogen-bond donors (Lipinski definition) is 1. The minimum atomic E-state index is -0.412. The third-order valence-electron chi connectivity index (χ3n) is 1.70. The molecule has 0 amide bonds. The molecule has 0 radical (unpaired) electrons. The number of hydrogen-bond acceptors (Lipinski definition) is 3. The topological polar surface area (TPSA) is 46.5 Å².